The molecule has 0 bridgehead atoms. The summed E-state index contributed by atoms with van der Waals surface area (Å²) in [4.78, 5) is 11.9. The molecule has 2 rings (SSSR count). The molecule has 18 heavy (non-hydrogen) atoms. The Bertz CT molecular complexity index is 453. The van der Waals surface area contributed by atoms with Gasteiger partial charge in [0.15, 0.2) is 0 Å². The molecular weight excluding hydrogens is 233 g/mol. The van der Waals surface area contributed by atoms with E-state index in [4.69, 9.17) is 4.74 Å². The van der Waals surface area contributed by atoms with Crippen LogP contribution in [0.2, 0.25) is 0 Å². The Balaban J connectivity index is 1.97. The molecule has 1 amide bonds. The molecule has 0 aliphatic carbocycles. The number of benzene rings is 1. The van der Waals surface area contributed by atoms with Crippen molar-refractivity contribution >= 4 is 5.91 Å². The van der Waals surface area contributed by atoms with Crippen molar-refractivity contribution in [3.05, 3.63) is 35.1 Å². The van der Waals surface area contributed by atoms with Crippen molar-refractivity contribution in [2.75, 3.05) is 13.2 Å². The van der Waals surface area contributed by atoms with E-state index in [2.05, 4.69) is 5.32 Å². The summed E-state index contributed by atoms with van der Waals surface area (Å²) in [6.45, 7) is 4.88. The highest BCUT2D eigenvalue weighted by molar-refractivity contribution is 5.94. The molecule has 0 aromatic heterocycles. The van der Waals surface area contributed by atoms with E-state index in [1.807, 2.05) is 6.92 Å². The lowest BCUT2D eigenvalue weighted by Gasteiger charge is -2.23. The highest BCUT2D eigenvalue weighted by Gasteiger charge is 2.30. The van der Waals surface area contributed by atoms with E-state index in [0.29, 0.717) is 17.7 Å². The third kappa shape index (κ3) is 2.88. The summed E-state index contributed by atoms with van der Waals surface area (Å²) in [6.07, 6.45) is 1.98. The van der Waals surface area contributed by atoms with E-state index in [1.165, 1.54) is 12.1 Å². The lowest BCUT2D eigenvalue weighted by molar-refractivity contribution is 0.0206. The molecule has 1 aliphatic rings. The Kier molecular flexibility index (Phi) is 3.66. The predicted octanol–water partition coefficient (Wildman–Crippen LogP) is 2.43. The Morgan fingerprint density at radius 1 is 1.56 bits per heavy atom. The summed E-state index contributed by atoms with van der Waals surface area (Å²) in [5.41, 5.74) is 0.701. The monoisotopic (exact) mass is 251 g/mol. The van der Waals surface area contributed by atoms with Gasteiger partial charge in [-0.15, -0.1) is 0 Å². The number of ether oxygens (including phenoxy) is 1. The Morgan fingerprint density at radius 2 is 2.33 bits per heavy atom. The molecule has 1 aromatic rings. The van der Waals surface area contributed by atoms with Gasteiger partial charge in [-0.25, -0.2) is 4.39 Å². The number of aryl methyl sites for hydroxylation is 1. The largest absolute Gasteiger partial charge is 0.373 e. The molecule has 0 saturated carbocycles. The van der Waals surface area contributed by atoms with Crippen LogP contribution < -0.4 is 5.32 Å². The first-order valence-corrected chi connectivity index (χ1v) is 6.18. The van der Waals surface area contributed by atoms with Crippen LogP contribution in [0.1, 0.15) is 35.7 Å². The lowest BCUT2D eigenvalue weighted by Crippen LogP contribution is -2.40. The average molecular weight is 251 g/mol. The smallest absolute Gasteiger partial charge is 0.251 e. The van der Waals surface area contributed by atoms with E-state index < -0.39 is 0 Å². The van der Waals surface area contributed by atoms with Gasteiger partial charge in [-0.3, -0.25) is 4.79 Å². The summed E-state index contributed by atoms with van der Waals surface area (Å²) in [7, 11) is 0. The van der Waals surface area contributed by atoms with Crippen LogP contribution in [0.25, 0.3) is 0 Å². The summed E-state index contributed by atoms with van der Waals surface area (Å²) in [5, 5.41) is 2.84. The predicted molar refractivity (Wildman–Crippen MR) is 67.1 cm³/mol. The first-order chi connectivity index (χ1) is 8.50. The molecule has 1 unspecified atom stereocenters. The standard InChI is InChI=1S/C14H18FNO2/c1-10-8-11(4-5-12(10)15)13(17)16-9-14(2)6-3-7-18-14/h4-5,8H,3,6-7,9H2,1-2H3,(H,16,17). The van der Waals surface area contributed by atoms with Gasteiger partial charge in [-0.1, -0.05) is 0 Å². The molecule has 1 heterocycles. The number of amides is 1. The first-order valence-electron chi connectivity index (χ1n) is 6.18. The van der Waals surface area contributed by atoms with Crippen molar-refractivity contribution in [3.8, 4) is 0 Å². The number of carbonyl (C=O) groups is 1. The molecule has 3 nitrogen and oxygen atoms in total. The van der Waals surface area contributed by atoms with Crippen LogP contribution >= 0.6 is 0 Å². The van der Waals surface area contributed by atoms with Crippen molar-refractivity contribution in [2.24, 2.45) is 0 Å². The van der Waals surface area contributed by atoms with Gasteiger partial charge in [0.1, 0.15) is 5.82 Å². The van der Waals surface area contributed by atoms with E-state index in [0.717, 1.165) is 19.4 Å². The minimum absolute atomic E-state index is 0.185. The second-order valence-corrected chi connectivity index (χ2v) is 5.05. The number of carbonyl (C=O) groups excluding carboxylic acids is 1. The Morgan fingerprint density at radius 3 is 2.94 bits per heavy atom. The molecule has 0 radical (unpaired) electrons. The van der Waals surface area contributed by atoms with E-state index in [-0.39, 0.29) is 17.3 Å². The van der Waals surface area contributed by atoms with Crippen LogP contribution in [0.4, 0.5) is 4.39 Å². The van der Waals surface area contributed by atoms with E-state index in [1.54, 1.807) is 13.0 Å². The van der Waals surface area contributed by atoms with Crippen molar-refractivity contribution in [3.63, 3.8) is 0 Å². The number of rotatable bonds is 3. The topological polar surface area (TPSA) is 38.3 Å². The van der Waals surface area contributed by atoms with Gasteiger partial charge in [0.2, 0.25) is 0 Å². The fourth-order valence-electron chi connectivity index (χ4n) is 2.13. The van der Waals surface area contributed by atoms with Gasteiger partial charge in [-0.05, 0) is 50.5 Å². The number of hydrogen-bond acceptors (Lipinski definition) is 2. The first kappa shape index (κ1) is 13.0. The molecule has 1 atom stereocenters. The fourth-order valence-corrected chi connectivity index (χ4v) is 2.13. The highest BCUT2D eigenvalue weighted by Crippen LogP contribution is 2.24. The zero-order chi connectivity index (χ0) is 13.2. The van der Waals surface area contributed by atoms with Gasteiger partial charge < -0.3 is 10.1 Å². The second kappa shape index (κ2) is 5.06. The summed E-state index contributed by atoms with van der Waals surface area (Å²) in [6, 6.07) is 4.37. The molecule has 1 aromatic carbocycles. The average Bonchev–Trinajstić information content (AvgIpc) is 2.77. The van der Waals surface area contributed by atoms with Gasteiger partial charge in [0, 0.05) is 18.7 Å². The number of halogens is 1. The molecule has 1 N–H and O–H groups in total. The van der Waals surface area contributed by atoms with Gasteiger partial charge in [0.25, 0.3) is 5.91 Å². The van der Waals surface area contributed by atoms with Crippen molar-refractivity contribution < 1.29 is 13.9 Å². The summed E-state index contributed by atoms with van der Waals surface area (Å²) < 4.78 is 18.7. The quantitative estimate of drug-likeness (QED) is 0.896. The minimum Gasteiger partial charge on any atom is -0.373 e. The van der Waals surface area contributed by atoms with Crippen LogP contribution in [0.5, 0.6) is 0 Å². The zero-order valence-corrected chi connectivity index (χ0v) is 10.8. The molecule has 98 valence electrons. The molecule has 4 heteroatoms. The molecular formula is C14H18FNO2. The molecule has 1 aliphatic heterocycles. The summed E-state index contributed by atoms with van der Waals surface area (Å²) in [5.74, 6) is -0.479. The van der Waals surface area contributed by atoms with Gasteiger partial charge in [0.05, 0.1) is 5.60 Å². The number of nitrogens with one attached hydrogen (secondary N) is 1. The zero-order valence-electron chi connectivity index (χ0n) is 10.8. The maximum Gasteiger partial charge on any atom is 0.251 e. The Labute approximate surface area is 106 Å². The van der Waals surface area contributed by atoms with Crippen LogP contribution in [-0.2, 0) is 4.74 Å². The molecule has 0 spiro atoms. The third-order valence-corrected chi connectivity index (χ3v) is 3.34. The lowest BCUT2D eigenvalue weighted by atomic mass is 10.0. The normalized spacial score (nSPS) is 23.1. The van der Waals surface area contributed by atoms with E-state index in [9.17, 15) is 9.18 Å². The fraction of sp³-hybridized carbons (Fsp3) is 0.500. The third-order valence-electron chi connectivity index (χ3n) is 3.34. The summed E-state index contributed by atoms with van der Waals surface area (Å²) >= 11 is 0. The Hall–Kier alpha value is -1.42. The van der Waals surface area contributed by atoms with E-state index >= 15 is 0 Å². The maximum atomic E-state index is 13.1. The van der Waals surface area contributed by atoms with Crippen LogP contribution in [0.15, 0.2) is 18.2 Å². The van der Waals surface area contributed by atoms with Gasteiger partial charge >= 0.3 is 0 Å². The minimum atomic E-state index is -0.294. The van der Waals surface area contributed by atoms with Crippen LogP contribution in [-0.4, -0.2) is 24.7 Å². The molecule has 1 fully saturated rings. The van der Waals surface area contributed by atoms with Crippen LogP contribution in [0.3, 0.4) is 0 Å². The van der Waals surface area contributed by atoms with Crippen molar-refractivity contribution in [2.45, 2.75) is 32.3 Å². The SMILES string of the molecule is Cc1cc(C(=O)NCC2(C)CCCO2)ccc1F. The second-order valence-electron chi connectivity index (χ2n) is 5.05. The van der Waals surface area contributed by atoms with Gasteiger partial charge in [-0.2, -0.15) is 0 Å². The van der Waals surface area contributed by atoms with Crippen molar-refractivity contribution in [1.82, 2.24) is 5.32 Å². The molecule has 1 saturated heterocycles. The highest BCUT2D eigenvalue weighted by atomic mass is 19.1. The van der Waals surface area contributed by atoms with Crippen LogP contribution in [0, 0.1) is 12.7 Å². The number of hydrogen-bond donors (Lipinski definition) is 1. The maximum absolute atomic E-state index is 13.1. The van der Waals surface area contributed by atoms with Crippen molar-refractivity contribution in [1.29, 1.82) is 0 Å².